The molecule has 0 aliphatic heterocycles. The Morgan fingerprint density at radius 2 is 1.73 bits per heavy atom. The summed E-state index contributed by atoms with van der Waals surface area (Å²) in [7, 11) is 0. The van der Waals surface area contributed by atoms with Crippen molar-refractivity contribution in [3.05, 3.63) is 29.8 Å². The third-order valence-electron chi connectivity index (χ3n) is 2.36. The molecular formula is C13H18N2. The Morgan fingerprint density at radius 1 is 1.20 bits per heavy atom. The maximum absolute atomic E-state index is 9.07. The molecule has 0 radical (unpaired) electrons. The topological polar surface area (TPSA) is 35.8 Å². The van der Waals surface area contributed by atoms with Gasteiger partial charge in [-0.3, -0.25) is 0 Å². The van der Waals surface area contributed by atoms with Crippen LogP contribution in [0.25, 0.3) is 0 Å². The molecule has 0 fully saturated rings. The van der Waals surface area contributed by atoms with Crippen LogP contribution in [0, 0.1) is 23.7 Å². The van der Waals surface area contributed by atoms with Crippen LogP contribution >= 0.6 is 0 Å². The van der Waals surface area contributed by atoms with Gasteiger partial charge in [0.15, 0.2) is 0 Å². The Morgan fingerprint density at radius 3 is 2.13 bits per heavy atom. The molecule has 1 atom stereocenters. The van der Waals surface area contributed by atoms with Crippen molar-refractivity contribution in [2.75, 3.05) is 5.32 Å². The summed E-state index contributed by atoms with van der Waals surface area (Å²) in [4.78, 5) is 0. The van der Waals surface area contributed by atoms with Crippen LogP contribution in [-0.2, 0) is 0 Å². The van der Waals surface area contributed by atoms with E-state index in [1.165, 1.54) is 5.56 Å². The zero-order chi connectivity index (χ0) is 11.5. The van der Waals surface area contributed by atoms with Gasteiger partial charge in [0.05, 0.1) is 6.07 Å². The van der Waals surface area contributed by atoms with Gasteiger partial charge in [-0.2, -0.15) is 5.26 Å². The van der Waals surface area contributed by atoms with Crippen LogP contribution in [-0.4, -0.2) is 6.04 Å². The molecule has 0 spiro atoms. The van der Waals surface area contributed by atoms with Gasteiger partial charge in [0.2, 0.25) is 0 Å². The van der Waals surface area contributed by atoms with E-state index >= 15 is 0 Å². The van der Waals surface area contributed by atoms with Gasteiger partial charge in [-0.05, 0) is 24.5 Å². The molecule has 15 heavy (non-hydrogen) atoms. The predicted octanol–water partition coefficient (Wildman–Crippen LogP) is 3.35. The second-order valence-electron chi connectivity index (χ2n) is 4.94. The summed E-state index contributed by atoms with van der Waals surface area (Å²) in [5.74, 6) is 0. The fraction of sp³-hybridized carbons (Fsp3) is 0.462. The molecule has 0 aromatic heterocycles. The number of hydrogen-bond acceptors (Lipinski definition) is 2. The maximum Gasteiger partial charge on any atom is 0.119 e. The Balaban J connectivity index is 2.77. The minimum Gasteiger partial charge on any atom is -0.369 e. The molecule has 0 amide bonds. The quantitative estimate of drug-likeness (QED) is 0.798. The molecule has 1 aromatic rings. The summed E-state index contributed by atoms with van der Waals surface area (Å²) in [5.41, 5.74) is 2.17. The van der Waals surface area contributed by atoms with Crippen molar-refractivity contribution in [1.29, 1.82) is 5.26 Å². The molecule has 0 aliphatic carbocycles. The van der Waals surface area contributed by atoms with Gasteiger partial charge in [-0.25, -0.2) is 0 Å². The molecule has 1 unspecified atom stereocenters. The van der Waals surface area contributed by atoms with Crippen molar-refractivity contribution in [3.63, 3.8) is 0 Å². The van der Waals surface area contributed by atoms with Crippen molar-refractivity contribution < 1.29 is 0 Å². The van der Waals surface area contributed by atoms with Gasteiger partial charge >= 0.3 is 0 Å². The van der Waals surface area contributed by atoms with Crippen LogP contribution in [0.1, 0.15) is 26.3 Å². The van der Waals surface area contributed by atoms with Crippen LogP contribution in [0.4, 0.5) is 5.69 Å². The smallest absolute Gasteiger partial charge is 0.119 e. The fourth-order valence-corrected chi connectivity index (χ4v) is 1.26. The van der Waals surface area contributed by atoms with Crippen LogP contribution in [0.2, 0.25) is 0 Å². The molecular weight excluding hydrogens is 184 g/mol. The highest BCUT2D eigenvalue weighted by Crippen LogP contribution is 2.22. The minimum absolute atomic E-state index is 0.0559. The molecule has 0 heterocycles. The first-order chi connectivity index (χ1) is 6.93. The lowest BCUT2D eigenvalue weighted by atomic mass is 9.87. The molecule has 0 saturated heterocycles. The molecule has 1 N–H and O–H groups in total. The van der Waals surface area contributed by atoms with Gasteiger partial charge in [0, 0.05) is 5.69 Å². The highest BCUT2D eigenvalue weighted by molar-refractivity contribution is 5.46. The average molecular weight is 202 g/mol. The number of rotatable bonds is 2. The second kappa shape index (κ2) is 4.35. The average Bonchev–Trinajstić information content (AvgIpc) is 2.15. The number of nitrogens with one attached hydrogen (secondary N) is 1. The largest absolute Gasteiger partial charge is 0.369 e. The molecule has 1 aromatic carbocycles. The van der Waals surface area contributed by atoms with E-state index in [-0.39, 0.29) is 11.5 Å². The lowest BCUT2D eigenvalue weighted by molar-refractivity contribution is 0.390. The van der Waals surface area contributed by atoms with E-state index in [2.05, 4.69) is 39.1 Å². The summed E-state index contributed by atoms with van der Waals surface area (Å²) >= 11 is 0. The summed E-state index contributed by atoms with van der Waals surface area (Å²) in [5, 5.41) is 12.3. The SMILES string of the molecule is Cc1ccc(NC(C#N)C(C)(C)C)cc1. The number of hydrogen-bond donors (Lipinski definition) is 1. The molecule has 2 nitrogen and oxygen atoms in total. The Labute approximate surface area is 91.9 Å². The number of nitrogens with zero attached hydrogens (tertiary/aromatic N) is 1. The maximum atomic E-state index is 9.07. The summed E-state index contributed by atoms with van der Waals surface area (Å²) in [6.07, 6.45) is 0. The Kier molecular flexibility index (Phi) is 3.36. The second-order valence-corrected chi connectivity index (χ2v) is 4.94. The van der Waals surface area contributed by atoms with Crippen molar-refractivity contribution in [2.24, 2.45) is 5.41 Å². The molecule has 0 aliphatic rings. The van der Waals surface area contributed by atoms with Gasteiger partial charge < -0.3 is 5.32 Å². The first kappa shape index (κ1) is 11.6. The first-order valence-corrected chi connectivity index (χ1v) is 5.16. The minimum atomic E-state index is -0.166. The normalized spacial score (nSPS) is 13.0. The zero-order valence-electron chi connectivity index (χ0n) is 9.83. The molecule has 80 valence electrons. The van der Waals surface area contributed by atoms with E-state index in [9.17, 15) is 0 Å². The van der Waals surface area contributed by atoms with Crippen LogP contribution in [0.5, 0.6) is 0 Å². The van der Waals surface area contributed by atoms with E-state index < -0.39 is 0 Å². The number of anilines is 1. The van der Waals surface area contributed by atoms with Crippen molar-refractivity contribution in [2.45, 2.75) is 33.7 Å². The molecule has 0 bridgehead atoms. The van der Waals surface area contributed by atoms with E-state index in [0.717, 1.165) is 5.69 Å². The van der Waals surface area contributed by atoms with Crippen molar-refractivity contribution >= 4 is 5.69 Å². The Hall–Kier alpha value is -1.49. The van der Waals surface area contributed by atoms with Crippen LogP contribution < -0.4 is 5.32 Å². The van der Waals surface area contributed by atoms with E-state index in [1.54, 1.807) is 0 Å². The lowest BCUT2D eigenvalue weighted by Gasteiger charge is -2.26. The zero-order valence-corrected chi connectivity index (χ0v) is 9.83. The van der Waals surface area contributed by atoms with Crippen LogP contribution in [0.15, 0.2) is 24.3 Å². The predicted molar refractivity (Wildman–Crippen MR) is 63.7 cm³/mol. The summed E-state index contributed by atoms with van der Waals surface area (Å²) < 4.78 is 0. The lowest BCUT2D eigenvalue weighted by Crippen LogP contribution is -2.32. The first-order valence-electron chi connectivity index (χ1n) is 5.16. The van der Waals surface area contributed by atoms with Gasteiger partial charge in [-0.1, -0.05) is 38.5 Å². The van der Waals surface area contributed by atoms with Gasteiger partial charge in [0.1, 0.15) is 6.04 Å². The van der Waals surface area contributed by atoms with Gasteiger partial charge in [0.25, 0.3) is 0 Å². The van der Waals surface area contributed by atoms with Gasteiger partial charge in [-0.15, -0.1) is 0 Å². The van der Waals surface area contributed by atoms with Crippen molar-refractivity contribution in [3.8, 4) is 6.07 Å². The molecule has 1 rings (SSSR count). The highest BCUT2D eigenvalue weighted by atomic mass is 14.9. The standard InChI is InChI=1S/C13H18N2/c1-10-5-7-11(8-6-10)15-12(9-14)13(2,3)4/h5-8,12,15H,1-4H3. The summed E-state index contributed by atoms with van der Waals surface area (Å²) in [6, 6.07) is 10.2. The number of nitriles is 1. The number of benzene rings is 1. The highest BCUT2D eigenvalue weighted by Gasteiger charge is 2.23. The third-order valence-corrected chi connectivity index (χ3v) is 2.36. The Bertz CT molecular complexity index is 352. The summed E-state index contributed by atoms with van der Waals surface area (Å²) in [6.45, 7) is 8.22. The monoisotopic (exact) mass is 202 g/mol. The van der Waals surface area contributed by atoms with Crippen LogP contribution in [0.3, 0.4) is 0 Å². The van der Waals surface area contributed by atoms with Crippen molar-refractivity contribution in [1.82, 2.24) is 0 Å². The third kappa shape index (κ3) is 3.28. The van der Waals surface area contributed by atoms with E-state index in [0.29, 0.717) is 0 Å². The molecule has 0 saturated carbocycles. The van der Waals surface area contributed by atoms with E-state index in [4.69, 9.17) is 5.26 Å². The number of aryl methyl sites for hydroxylation is 1. The van der Waals surface area contributed by atoms with E-state index in [1.807, 2.05) is 24.3 Å². The fourth-order valence-electron chi connectivity index (χ4n) is 1.26. The molecule has 2 heteroatoms.